The van der Waals surface area contributed by atoms with Gasteiger partial charge in [-0.15, -0.1) is 0 Å². The van der Waals surface area contributed by atoms with Gasteiger partial charge in [0.15, 0.2) is 0 Å². The maximum Gasteiger partial charge on any atom is 0.272 e. The molecule has 0 aromatic carbocycles. The summed E-state index contributed by atoms with van der Waals surface area (Å²) in [5.41, 5.74) is 0. The zero-order chi connectivity index (χ0) is 8.06. The topological polar surface area (TPSA) is 23.5 Å². The Labute approximate surface area is 63.8 Å². The summed E-state index contributed by atoms with van der Waals surface area (Å²) in [6, 6.07) is 0.227. The normalized spacial score (nSPS) is 42.8. The number of alkyl halides is 2. The molecule has 1 saturated heterocycles. The van der Waals surface area contributed by atoms with E-state index in [9.17, 15) is 8.78 Å². The van der Waals surface area contributed by atoms with Crippen LogP contribution in [0.2, 0.25) is 0 Å². The van der Waals surface area contributed by atoms with E-state index in [1.54, 1.807) is 4.90 Å². The van der Waals surface area contributed by atoms with Crippen LogP contribution in [0.15, 0.2) is 0 Å². The number of nitrogens with zero attached hydrogens (tertiary/aromatic N) is 1. The van der Waals surface area contributed by atoms with Gasteiger partial charge in [0.25, 0.3) is 5.92 Å². The molecular weight excluding hydrogens is 152 g/mol. The molecule has 1 aliphatic heterocycles. The van der Waals surface area contributed by atoms with Gasteiger partial charge < -0.3 is 5.11 Å². The Morgan fingerprint density at radius 3 is 2.18 bits per heavy atom. The van der Waals surface area contributed by atoms with E-state index in [2.05, 4.69) is 0 Å². The van der Waals surface area contributed by atoms with Crippen molar-refractivity contribution in [1.29, 1.82) is 0 Å². The first-order chi connectivity index (χ1) is 5.07. The first kappa shape index (κ1) is 7.43. The Balaban J connectivity index is 1.76. The molecule has 2 aliphatic rings. The molecule has 1 aliphatic carbocycles. The van der Waals surface area contributed by atoms with Crippen LogP contribution in [0.3, 0.4) is 0 Å². The molecule has 0 spiro atoms. The molecular formula is C7H11F2NO. The van der Waals surface area contributed by atoms with E-state index in [-0.39, 0.29) is 25.2 Å². The van der Waals surface area contributed by atoms with Crippen molar-refractivity contribution in [3.63, 3.8) is 0 Å². The number of aliphatic hydroxyl groups is 1. The molecule has 2 rings (SSSR count). The first-order valence-electron chi connectivity index (χ1n) is 3.87. The quantitative estimate of drug-likeness (QED) is 0.607. The minimum atomic E-state index is -2.46. The summed E-state index contributed by atoms with van der Waals surface area (Å²) in [6.45, 7) is -0.214. The summed E-state index contributed by atoms with van der Waals surface area (Å²) in [6.07, 6.45) is 1.11. The zero-order valence-electron chi connectivity index (χ0n) is 6.13. The highest BCUT2D eigenvalue weighted by Crippen LogP contribution is 2.35. The summed E-state index contributed by atoms with van der Waals surface area (Å²) in [7, 11) is 0. The SMILES string of the molecule is O[C@H]1C[C@@H](N2CC(F)(F)C2)C1. The van der Waals surface area contributed by atoms with Crippen LogP contribution in [0.5, 0.6) is 0 Å². The van der Waals surface area contributed by atoms with Crippen molar-refractivity contribution in [3.8, 4) is 0 Å². The molecule has 0 atom stereocenters. The lowest BCUT2D eigenvalue weighted by molar-refractivity contribution is -0.168. The third-order valence-electron chi connectivity index (χ3n) is 2.47. The fraction of sp³-hybridized carbons (Fsp3) is 1.00. The molecule has 1 N–H and O–H groups in total. The lowest BCUT2D eigenvalue weighted by Crippen LogP contribution is -2.63. The van der Waals surface area contributed by atoms with Crippen LogP contribution in [0.25, 0.3) is 0 Å². The Morgan fingerprint density at radius 1 is 1.27 bits per heavy atom. The van der Waals surface area contributed by atoms with Crippen molar-refractivity contribution in [2.75, 3.05) is 13.1 Å². The molecule has 64 valence electrons. The molecule has 1 heterocycles. The van der Waals surface area contributed by atoms with E-state index < -0.39 is 5.92 Å². The third kappa shape index (κ3) is 1.25. The predicted molar refractivity (Wildman–Crippen MR) is 35.5 cm³/mol. The molecule has 4 heteroatoms. The minimum absolute atomic E-state index is 0.107. The van der Waals surface area contributed by atoms with Crippen molar-refractivity contribution in [1.82, 2.24) is 4.90 Å². The lowest BCUT2D eigenvalue weighted by atomic mass is 9.86. The number of halogens is 2. The van der Waals surface area contributed by atoms with Gasteiger partial charge in [-0.2, -0.15) is 0 Å². The van der Waals surface area contributed by atoms with E-state index >= 15 is 0 Å². The summed E-state index contributed by atoms with van der Waals surface area (Å²) in [5.74, 6) is -2.46. The summed E-state index contributed by atoms with van der Waals surface area (Å²) in [4.78, 5) is 1.74. The fourth-order valence-corrected chi connectivity index (χ4v) is 1.66. The molecule has 0 unspecified atom stereocenters. The number of aliphatic hydroxyl groups excluding tert-OH is 1. The average molecular weight is 163 g/mol. The monoisotopic (exact) mass is 163 g/mol. The molecule has 1 saturated carbocycles. The van der Waals surface area contributed by atoms with Crippen LogP contribution in [0.4, 0.5) is 8.78 Å². The van der Waals surface area contributed by atoms with Gasteiger partial charge in [0.2, 0.25) is 0 Å². The second-order valence-electron chi connectivity index (χ2n) is 3.54. The number of likely N-dealkylation sites (tertiary alicyclic amines) is 1. The van der Waals surface area contributed by atoms with Crippen LogP contribution >= 0.6 is 0 Å². The summed E-state index contributed by atoms with van der Waals surface area (Å²) >= 11 is 0. The highest BCUT2D eigenvalue weighted by Gasteiger charge is 2.49. The Hall–Kier alpha value is -0.220. The molecule has 0 aromatic rings. The van der Waals surface area contributed by atoms with E-state index in [0.29, 0.717) is 12.8 Å². The largest absolute Gasteiger partial charge is 0.393 e. The molecule has 11 heavy (non-hydrogen) atoms. The smallest absolute Gasteiger partial charge is 0.272 e. The van der Waals surface area contributed by atoms with Crippen LogP contribution in [0.1, 0.15) is 12.8 Å². The zero-order valence-corrected chi connectivity index (χ0v) is 6.13. The van der Waals surface area contributed by atoms with Crippen LogP contribution in [-0.2, 0) is 0 Å². The molecule has 0 amide bonds. The number of rotatable bonds is 1. The molecule has 2 fully saturated rings. The van der Waals surface area contributed by atoms with Gasteiger partial charge in [0.05, 0.1) is 19.2 Å². The van der Waals surface area contributed by atoms with Crippen molar-refractivity contribution in [3.05, 3.63) is 0 Å². The van der Waals surface area contributed by atoms with E-state index in [1.807, 2.05) is 0 Å². The van der Waals surface area contributed by atoms with Crippen molar-refractivity contribution in [2.24, 2.45) is 0 Å². The lowest BCUT2D eigenvalue weighted by Gasteiger charge is -2.48. The van der Waals surface area contributed by atoms with Gasteiger partial charge in [-0.25, -0.2) is 8.78 Å². The molecule has 2 nitrogen and oxygen atoms in total. The van der Waals surface area contributed by atoms with E-state index in [1.165, 1.54) is 0 Å². The van der Waals surface area contributed by atoms with Gasteiger partial charge in [0.1, 0.15) is 0 Å². The predicted octanol–water partition coefficient (Wildman–Crippen LogP) is 0.461. The van der Waals surface area contributed by atoms with Crippen molar-refractivity contribution in [2.45, 2.75) is 30.9 Å². The Kier molecular flexibility index (Phi) is 1.44. The Morgan fingerprint density at radius 2 is 1.82 bits per heavy atom. The second-order valence-corrected chi connectivity index (χ2v) is 3.54. The first-order valence-corrected chi connectivity index (χ1v) is 3.87. The van der Waals surface area contributed by atoms with Crippen molar-refractivity contribution < 1.29 is 13.9 Å². The van der Waals surface area contributed by atoms with Gasteiger partial charge in [-0.1, -0.05) is 0 Å². The van der Waals surface area contributed by atoms with Crippen LogP contribution < -0.4 is 0 Å². The van der Waals surface area contributed by atoms with Gasteiger partial charge in [0, 0.05) is 6.04 Å². The van der Waals surface area contributed by atoms with Crippen molar-refractivity contribution >= 4 is 0 Å². The highest BCUT2D eigenvalue weighted by molar-refractivity contribution is 4.96. The van der Waals surface area contributed by atoms with Gasteiger partial charge in [-0.05, 0) is 12.8 Å². The number of hydrogen-bond acceptors (Lipinski definition) is 2. The fourth-order valence-electron chi connectivity index (χ4n) is 1.66. The van der Waals surface area contributed by atoms with Gasteiger partial charge in [-0.3, -0.25) is 4.90 Å². The maximum atomic E-state index is 12.3. The standard InChI is InChI=1S/C7H11F2NO/c8-7(9)3-10(4-7)5-1-6(11)2-5/h5-6,11H,1-4H2/t5-,6+. The van der Waals surface area contributed by atoms with Crippen LogP contribution in [-0.4, -0.2) is 41.2 Å². The van der Waals surface area contributed by atoms with Gasteiger partial charge >= 0.3 is 0 Å². The number of hydrogen-bond donors (Lipinski definition) is 1. The summed E-state index contributed by atoms with van der Waals surface area (Å²) in [5, 5.41) is 8.90. The molecule has 0 bridgehead atoms. The van der Waals surface area contributed by atoms with E-state index in [4.69, 9.17) is 5.11 Å². The third-order valence-corrected chi connectivity index (χ3v) is 2.47. The maximum absolute atomic E-state index is 12.3. The summed E-state index contributed by atoms with van der Waals surface area (Å²) < 4.78 is 24.6. The molecule has 0 aromatic heterocycles. The second kappa shape index (κ2) is 2.14. The van der Waals surface area contributed by atoms with E-state index in [0.717, 1.165) is 0 Å². The molecule has 0 radical (unpaired) electrons. The van der Waals surface area contributed by atoms with Crippen LogP contribution in [0, 0.1) is 0 Å². The minimum Gasteiger partial charge on any atom is -0.393 e. The average Bonchev–Trinajstić information content (AvgIpc) is 1.75. The Bertz CT molecular complexity index is 160. The highest BCUT2D eigenvalue weighted by atomic mass is 19.3.